The zero-order valence-corrected chi connectivity index (χ0v) is 11.6. The van der Waals surface area contributed by atoms with Crippen molar-refractivity contribution in [2.75, 3.05) is 11.9 Å². The lowest BCUT2D eigenvalue weighted by atomic mass is 10.3. The Morgan fingerprint density at radius 2 is 2.26 bits per heavy atom. The summed E-state index contributed by atoms with van der Waals surface area (Å²) < 4.78 is 5.49. The van der Waals surface area contributed by atoms with Gasteiger partial charge >= 0.3 is 0 Å². The molecule has 0 saturated carbocycles. The quantitative estimate of drug-likeness (QED) is 0.863. The molecule has 102 valence electrons. The molecule has 2 heterocycles. The minimum Gasteiger partial charge on any atom is -0.432 e. The van der Waals surface area contributed by atoms with Crippen molar-refractivity contribution >= 4 is 6.01 Å². The first-order valence-corrected chi connectivity index (χ1v) is 6.43. The minimum atomic E-state index is 0.438. The molecule has 0 saturated heterocycles. The molecule has 0 aliphatic heterocycles. The van der Waals surface area contributed by atoms with E-state index in [0.29, 0.717) is 12.1 Å². The van der Waals surface area contributed by atoms with Gasteiger partial charge in [-0.2, -0.15) is 4.98 Å². The van der Waals surface area contributed by atoms with Crippen molar-refractivity contribution < 1.29 is 4.42 Å². The van der Waals surface area contributed by atoms with E-state index in [-0.39, 0.29) is 0 Å². The number of nitrogens with one attached hydrogen (secondary N) is 1. The van der Waals surface area contributed by atoms with Gasteiger partial charge in [0.1, 0.15) is 6.26 Å². The van der Waals surface area contributed by atoms with Crippen LogP contribution < -0.4 is 10.2 Å². The molecule has 1 N–H and O–H groups in total. The first-order valence-electron chi connectivity index (χ1n) is 6.43. The molecule has 0 spiro atoms. The van der Waals surface area contributed by atoms with Gasteiger partial charge < -0.3 is 14.6 Å². The van der Waals surface area contributed by atoms with Crippen LogP contribution in [0.5, 0.6) is 0 Å². The molecule has 2 rings (SSSR count). The molecule has 0 radical (unpaired) electrons. The van der Waals surface area contributed by atoms with Gasteiger partial charge in [0.15, 0.2) is 0 Å². The second kappa shape index (κ2) is 6.33. The van der Waals surface area contributed by atoms with Gasteiger partial charge in [-0.05, 0) is 11.6 Å². The molecule has 19 heavy (non-hydrogen) atoms. The summed E-state index contributed by atoms with van der Waals surface area (Å²) in [6.45, 7) is 5.67. The summed E-state index contributed by atoms with van der Waals surface area (Å²) in [5.41, 5.74) is 2.05. The van der Waals surface area contributed by atoms with E-state index >= 15 is 0 Å². The Balaban J connectivity index is 1.94. The number of oxazole rings is 1. The molecule has 0 fully saturated rings. The molecule has 0 unspecified atom stereocenters. The zero-order valence-electron chi connectivity index (χ0n) is 11.6. The lowest BCUT2D eigenvalue weighted by Crippen LogP contribution is -2.22. The van der Waals surface area contributed by atoms with Crippen molar-refractivity contribution in [3.05, 3.63) is 42.0 Å². The van der Waals surface area contributed by atoms with Gasteiger partial charge in [-0.15, -0.1) is 0 Å². The normalized spacial score (nSPS) is 10.9. The van der Waals surface area contributed by atoms with E-state index in [9.17, 15) is 0 Å². The molecule has 5 nitrogen and oxygen atoms in total. The highest BCUT2D eigenvalue weighted by Gasteiger charge is 2.09. The third kappa shape index (κ3) is 4.06. The third-order valence-corrected chi connectivity index (χ3v) is 2.70. The van der Waals surface area contributed by atoms with E-state index in [1.165, 1.54) is 0 Å². The second-order valence-corrected chi connectivity index (χ2v) is 4.87. The van der Waals surface area contributed by atoms with E-state index in [2.05, 4.69) is 29.1 Å². The van der Waals surface area contributed by atoms with E-state index < -0.39 is 0 Å². The average molecular weight is 260 g/mol. The number of nitrogens with zero attached hydrogens (tertiary/aromatic N) is 3. The molecule has 2 aromatic rings. The molecule has 0 amide bonds. The summed E-state index contributed by atoms with van der Waals surface area (Å²) in [5.74, 6) is 0. The van der Waals surface area contributed by atoms with Crippen LogP contribution in [0.25, 0.3) is 0 Å². The summed E-state index contributed by atoms with van der Waals surface area (Å²) >= 11 is 0. The summed E-state index contributed by atoms with van der Waals surface area (Å²) in [4.78, 5) is 10.5. The van der Waals surface area contributed by atoms with Gasteiger partial charge in [-0.25, -0.2) is 0 Å². The van der Waals surface area contributed by atoms with Crippen LogP contribution in [-0.4, -0.2) is 23.1 Å². The number of hydrogen-bond acceptors (Lipinski definition) is 5. The van der Waals surface area contributed by atoms with Crippen LogP contribution in [0, 0.1) is 0 Å². The van der Waals surface area contributed by atoms with Gasteiger partial charge in [-0.3, -0.25) is 4.98 Å². The van der Waals surface area contributed by atoms with Crippen molar-refractivity contribution in [1.82, 2.24) is 15.3 Å². The van der Waals surface area contributed by atoms with Crippen LogP contribution in [0.1, 0.15) is 25.1 Å². The molecular weight excluding hydrogens is 240 g/mol. The Bertz CT molecular complexity index is 495. The fourth-order valence-corrected chi connectivity index (χ4v) is 1.69. The van der Waals surface area contributed by atoms with Gasteiger partial charge in [0.2, 0.25) is 0 Å². The van der Waals surface area contributed by atoms with E-state index in [4.69, 9.17) is 4.42 Å². The molecule has 5 heteroatoms. The van der Waals surface area contributed by atoms with Crippen LogP contribution >= 0.6 is 0 Å². The van der Waals surface area contributed by atoms with Crippen molar-refractivity contribution in [2.45, 2.75) is 33.0 Å². The molecule has 0 aromatic carbocycles. The summed E-state index contributed by atoms with van der Waals surface area (Å²) in [6.07, 6.45) is 5.31. The van der Waals surface area contributed by atoms with Gasteiger partial charge in [0.05, 0.1) is 5.69 Å². The fourth-order valence-electron chi connectivity index (χ4n) is 1.69. The van der Waals surface area contributed by atoms with Crippen molar-refractivity contribution in [2.24, 2.45) is 0 Å². The topological polar surface area (TPSA) is 54.2 Å². The SMILES string of the molecule is CC(C)NCc1coc(N(C)Cc2cccnc2)n1. The molecular formula is C14H20N4O. The third-order valence-electron chi connectivity index (χ3n) is 2.70. The van der Waals surface area contributed by atoms with Crippen LogP contribution in [-0.2, 0) is 13.1 Å². The highest BCUT2D eigenvalue weighted by atomic mass is 16.4. The van der Waals surface area contributed by atoms with Crippen LogP contribution in [0.4, 0.5) is 6.01 Å². The zero-order chi connectivity index (χ0) is 13.7. The fraction of sp³-hybridized carbons (Fsp3) is 0.429. The summed E-state index contributed by atoms with van der Waals surface area (Å²) in [6, 6.07) is 5.03. The largest absolute Gasteiger partial charge is 0.432 e. The van der Waals surface area contributed by atoms with Gasteiger partial charge in [0.25, 0.3) is 6.01 Å². The maximum atomic E-state index is 5.49. The Morgan fingerprint density at radius 1 is 1.42 bits per heavy atom. The Hall–Kier alpha value is -1.88. The number of aromatic nitrogens is 2. The van der Waals surface area contributed by atoms with E-state index in [1.807, 2.05) is 30.3 Å². The van der Waals surface area contributed by atoms with Gasteiger partial charge in [0, 0.05) is 38.6 Å². The second-order valence-electron chi connectivity index (χ2n) is 4.87. The monoisotopic (exact) mass is 260 g/mol. The van der Waals surface area contributed by atoms with Crippen LogP contribution in [0.15, 0.2) is 35.2 Å². The predicted molar refractivity (Wildman–Crippen MR) is 74.8 cm³/mol. The van der Waals surface area contributed by atoms with Crippen molar-refractivity contribution in [3.8, 4) is 0 Å². The molecule has 2 aromatic heterocycles. The predicted octanol–water partition coefficient (Wildman–Crippen LogP) is 2.20. The Kier molecular flexibility index (Phi) is 4.52. The van der Waals surface area contributed by atoms with Crippen LogP contribution in [0.3, 0.4) is 0 Å². The minimum absolute atomic E-state index is 0.438. The maximum Gasteiger partial charge on any atom is 0.297 e. The van der Waals surface area contributed by atoms with Gasteiger partial charge in [-0.1, -0.05) is 19.9 Å². The number of pyridine rings is 1. The lowest BCUT2D eigenvalue weighted by Gasteiger charge is -2.13. The first-order chi connectivity index (χ1) is 9.15. The Morgan fingerprint density at radius 3 is 2.95 bits per heavy atom. The summed E-state index contributed by atoms with van der Waals surface area (Å²) in [5, 5.41) is 3.31. The van der Waals surface area contributed by atoms with Crippen molar-refractivity contribution in [1.29, 1.82) is 0 Å². The highest BCUT2D eigenvalue weighted by Crippen LogP contribution is 2.14. The molecule has 0 atom stereocenters. The molecule has 0 aliphatic carbocycles. The van der Waals surface area contributed by atoms with Crippen molar-refractivity contribution in [3.63, 3.8) is 0 Å². The summed E-state index contributed by atoms with van der Waals surface area (Å²) in [7, 11) is 1.96. The van der Waals surface area contributed by atoms with Crippen LogP contribution in [0.2, 0.25) is 0 Å². The van der Waals surface area contributed by atoms with E-state index in [1.54, 1.807) is 12.5 Å². The standard InChI is InChI=1S/C14H20N4O/c1-11(2)16-8-13-10-19-14(17-13)18(3)9-12-5-4-6-15-7-12/h4-7,10-11,16H,8-9H2,1-3H3. The smallest absolute Gasteiger partial charge is 0.297 e. The highest BCUT2D eigenvalue weighted by molar-refractivity contribution is 5.28. The number of rotatable bonds is 6. The average Bonchev–Trinajstić information content (AvgIpc) is 2.86. The molecule has 0 aliphatic rings. The Labute approximate surface area is 113 Å². The lowest BCUT2D eigenvalue weighted by molar-refractivity contribution is 0.539. The number of hydrogen-bond donors (Lipinski definition) is 1. The first kappa shape index (κ1) is 13.5. The van der Waals surface area contributed by atoms with E-state index in [0.717, 1.165) is 24.3 Å². The number of anilines is 1. The maximum absolute atomic E-state index is 5.49. The molecule has 0 bridgehead atoms.